The molecule has 0 spiro atoms. The molecule has 0 aromatic carbocycles. The van der Waals surface area contributed by atoms with Gasteiger partial charge in [0.2, 0.25) is 11.2 Å². The van der Waals surface area contributed by atoms with E-state index in [1.165, 1.54) is 33.0 Å². The highest BCUT2D eigenvalue weighted by Crippen LogP contribution is 2.24. The zero-order chi connectivity index (χ0) is 13.2. The molecule has 104 valence electrons. The lowest BCUT2D eigenvalue weighted by Gasteiger charge is -2.23. The number of hydrogen-bond acceptors (Lipinski definition) is 6. The van der Waals surface area contributed by atoms with E-state index in [1.54, 1.807) is 0 Å². The molecule has 0 N–H and O–H groups in total. The first kappa shape index (κ1) is 12.9. The highest BCUT2D eigenvalue weighted by molar-refractivity contribution is 6.28. The predicted molar refractivity (Wildman–Crippen MR) is 72.8 cm³/mol. The summed E-state index contributed by atoms with van der Waals surface area (Å²) in [4.78, 5) is 17.1. The average Bonchev–Trinajstić information content (AvgIpc) is 3.08. The van der Waals surface area contributed by atoms with Gasteiger partial charge in [-0.15, -0.1) is 0 Å². The van der Waals surface area contributed by atoms with E-state index in [4.69, 9.17) is 16.3 Å². The number of aromatic nitrogens is 3. The second-order valence-corrected chi connectivity index (χ2v) is 5.36. The van der Waals surface area contributed by atoms with Crippen molar-refractivity contribution < 1.29 is 4.74 Å². The summed E-state index contributed by atoms with van der Waals surface area (Å²) in [5, 5.41) is 0.187. The van der Waals surface area contributed by atoms with Crippen LogP contribution in [0.4, 0.5) is 5.95 Å². The number of halogens is 1. The smallest absolute Gasteiger partial charge is 0.322 e. The van der Waals surface area contributed by atoms with Crippen molar-refractivity contribution >= 4 is 17.5 Å². The van der Waals surface area contributed by atoms with Crippen LogP contribution in [-0.2, 0) is 0 Å². The van der Waals surface area contributed by atoms with Gasteiger partial charge in [0.25, 0.3) is 0 Å². The molecule has 19 heavy (non-hydrogen) atoms. The van der Waals surface area contributed by atoms with Gasteiger partial charge >= 0.3 is 6.01 Å². The van der Waals surface area contributed by atoms with Gasteiger partial charge in [-0.25, -0.2) is 0 Å². The molecule has 3 rings (SSSR count). The molecule has 1 unspecified atom stereocenters. The zero-order valence-electron chi connectivity index (χ0n) is 11.0. The van der Waals surface area contributed by atoms with Crippen molar-refractivity contribution in [1.29, 1.82) is 0 Å². The van der Waals surface area contributed by atoms with E-state index in [-0.39, 0.29) is 11.3 Å². The van der Waals surface area contributed by atoms with Crippen LogP contribution < -0.4 is 9.64 Å². The second-order valence-electron chi connectivity index (χ2n) is 5.02. The van der Waals surface area contributed by atoms with Crippen molar-refractivity contribution in [3.05, 3.63) is 5.28 Å². The van der Waals surface area contributed by atoms with Crippen molar-refractivity contribution in [2.45, 2.75) is 25.3 Å². The zero-order valence-corrected chi connectivity index (χ0v) is 11.8. The number of rotatable bonds is 3. The predicted octanol–water partition coefficient (Wildman–Crippen LogP) is 1.21. The van der Waals surface area contributed by atoms with Gasteiger partial charge < -0.3 is 9.64 Å². The monoisotopic (exact) mass is 283 g/mol. The summed E-state index contributed by atoms with van der Waals surface area (Å²) >= 11 is 5.89. The molecule has 2 aliphatic heterocycles. The van der Waals surface area contributed by atoms with Crippen molar-refractivity contribution in [3.8, 4) is 6.01 Å². The number of likely N-dealkylation sites (tertiary alicyclic amines) is 1. The Morgan fingerprint density at radius 1 is 1.16 bits per heavy atom. The van der Waals surface area contributed by atoms with E-state index in [0.29, 0.717) is 12.0 Å². The topological polar surface area (TPSA) is 54.4 Å². The van der Waals surface area contributed by atoms with Gasteiger partial charge in [0.05, 0.1) is 7.11 Å². The Bertz CT molecular complexity index is 452. The molecule has 3 heterocycles. The first-order valence-corrected chi connectivity index (χ1v) is 7.08. The molecule has 1 atom stereocenters. The Kier molecular flexibility index (Phi) is 3.70. The summed E-state index contributed by atoms with van der Waals surface area (Å²) in [6, 6.07) is 0.892. The van der Waals surface area contributed by atoms with Gasteiger partial charge in [0, 0.05) is 19.1 Å². The minimum Gasteiger partial charge on any atom is -0.467 e. The first-order chi connectivity index (χ1) is 9.26. The van der Waals surface area contributed by atoms with E-state index in [0.717, 1.165) is 19.5 Å². The fraction of sp³-hybridized carbons (Fsp3) is 0.750. The fourth-order valence-corrected chi connectivity index (χ4v) is 3.03. The Balaban J connectivity index is 1.71. The van der Waals surface area contributed by atoms with E-state index in [1.807, 2.05) is 0 Å². The fourth-order valence-electron chi connectivity index (χ4n) is 2.88. The molecule has 6 nitrogen and oxygen atoms in total. The van der Waals surface area contributed by atoms with E-state index in [2.05, 4.69) is 24.8 Å². The molecular weight excluding hydrogens is 266 g/mol. The van der Waals surface area contributed by atoms with Crippen molar-refractivity contribution in [1.82, 2.24) is 19.9 Å². The maximum absolute atomic E-state index is 5.89. The summed E-state index contributed by atoms with van der Waals surface area (Å²) in [5.41, 5.74) is 0. The maximum atomic E-state index is 5.89. The number of ether oxygens (including phenoxy) is 1. The van der Waals surface area contributed by atoms with Crippen LogP contribution >= 0.6 is 11.6 Å². The number of hydrogen-bond donors (Lipinski definition) is 0. The third kappa shape index (κ3) is 2.74. The van der Waals surface area contributed by atoms with Crippen molar-refractivity contribution in [3.63, 3.8) is 0 Å². The standard InChI is InChI=1S/C12H18ClN5O/c1-19-12-15-10(13)14-11(16-12)18-7-4-9(8-18)17-5-2-3-6-17/h9H,2-8H2,1H3. The summed E-state index contributed by atoms with van der Waals surface area (Å²) in [7, 11) is 1.53. The SMILES string of the molecule is COc1nc(Cl)nc(N2CCC(N3CCCC3)C2)n1. The number of nitrogens with zero attached hydrogens (tertiary/aromatic N) is 5. The van der Waals surface area contributed by atoms with Crippen LogP contribution in [0.2, 0.25) is 5.28 Å². The van der Waals surface area contributed by atoms with Gasteiger partial charge in [-0.1, -0.05) is 0 Å². The molecule has 0 bridgehead atoms. The summed E-state index contributed by atoms with van der Waals surface area (Å²) in [6.45, 7) is 4.37. The molecule has 2 saturated heterocycles. The van der Waals surface area contributed by atoms with Crippen LogP contribution in [0.1, 0.15) is 19.3 Å². The molecule has 0 radical (unpaired) electrons. The van der Waals surface area contributed by atoms with Gasteiger partial charge in [0.15, 0.2) is 0 Å². The van der Waals surface area contributed by atoms with Gasteiger partial charge in [0.1, 0.15) is 0 Å². The Morgan fingerprint density at radius 2 is 1.95 bits per heavy atom. The van der Waals surface area contributed by atoms with Gasteiger partial charge in [-0.2, -0.15) is 15.0 Å². The van der Waals surface area contributed by atoms with Crippen molar-refractivity contribution in [2.24, 2.45) is 0 Å². The van der Waals surface area contributed by atoms with Crippen molar-refractivity contribution in [2.75, 3.05) is 38.2 Å². The minimum atomic E-state index is 0.187. The minimum absolute atomic E-state index is 0.187. The summed E-state index contributed by atoms with van der Waals surface area (Å²) < 4.78 is 5.04. The molecule has 0 saturated carbocycles. The largest absolute Gasteiger partial charge is 0.467 e. The van der Waals surface area contributed by atoms with Gasteiger partial charge in [-0.3, -0.25) is 4.90 Å². The number of methoxy groups -OCH3 is 1. The molecule has 1 aromatic rings. The van der Waals surface area contributed by atoms with Crippen LogP contribution in [-0.4, -0.2) is 59.2 Å². The van der Waals surface area contributed by atoms with E-state index < -0.39 is 0 Å². The van der Waals surface area contributed by atoms with Crippen LogP contribution in [0.5, 0.6) is 6.01 Å². The lowest BCUT2D eigenvalue weighted by Crippen LogP contribution is -2.35. The Labute approximate surface area is 117 Å². The molecule has 2 aliphatic rings. The number of anilines is 1. The molecular formula is C12H18ClN5O. The maximum Gasteiger partial charge on any atom is 0.322 e. The third-order valence-corrected chi connectivity index (χ3v) is 4.03. The van der Waals surface area contributed by atoms with Crippen LogP contribution in [0.15, 0.2) is 0 Å². The summed E-state index contributed by atoms with van der Waals surface area (Å²) in [6.07, 6.45) is 3.80. The molecule has 0 aliphatic carbocycles. The Hall–Kier alpha value is -1.14. The summed E-state index contributed by atoms with van der Waals surface area (Å²) in [5.74, 6) is 0.624. The normalized spacial score (nSPS) is 24.1. The highest BCUT2D eigenvalue weighted by atomic mass is 35.5. The van der Waals surface area contributed by atoms with Gasteiger partial charge in [-0.05, 0) is 44.0 Å². The highest BCUT2D eigenvalue weighted by Gasteiger charge is 2.30. The third-order valence-electron chi connectivity index (χ3n) is 3.86. The molecule has 0 amide bonds. The van der Waals surface area contributed by atoms with Crippen LogP contribution in [0, 0.1) is 0 Å². The lowest BCUT2D eigenvalue weighted by molar-refractivity contribution is 0.260. The average molecular weight is 284 g/mol. The van der Waals surface area contributed by atoms with E-state index >= 15 is 0 Å². The first-order valence-electron chi connectivity index (χ1n) is 6.71. The Morgan fingerprint density at radius 3 is 2.68 bits per heavy atom. The lowest BCUT2D eigenvalue weighted by atomic mass is 10.2. The molecule has 1 aromatic heterocycles. The van der Waals surface area contributed by atoms with E-state index in [9.17, 15) is 0 Å². The molecule has 2 fully saturated rings. The quantitative estimate of drug-likeness (QED) is 0.831. The van der Waals surface area contributed by atoms with Crippen LogP contribution in [0.25, 0.3) is 0 Å². The molecule has 7 heteroatoms. The van der Waals surface area contributed by atoms with Crippen LogP contribution in [0.3, 0.4) is 0 Å². The second kappa shape index (κ2) is 5.46.